The fourth-order valence-electron chi connectivity index (χ4n) is 4.28. The van der Waals surface area contributed by atoms with E-state index in [4.69, 9.17) is 9.15 Å². The minimum absolute atomic E-state index is 0.224. The summed E-state index contributed by atoms with van der Waals surface area (Å²) in [6.07, 6.45) is 4.17. The molecule has 4 heterocycles. The summed E-state index contributed by atoms with van der Waals surface area (Å²) in [4.78, 5) is 7.00. The number of aryl methyl sites for hydroxylation is 1. The molecule has 0 N–H and O–H groups in total. The van der Waals surface area contributed by atoms with Crippen molar-refractivity contribution in [2.75, 3.05) is 19.6 Å². The molecule has 5 rings (SSSR count). The Morgan fingerprint density at radius 2 is 2.07 bits per heavy atom. The third-order valence-corrected chi connectivity index (χ3v) is 8.30. The molecule has 0 aliphatic carbocycles. The third-order valence-electron chi connectivity index (χ3n) is 5.64. The maximum absolute atomic E-state index is 13.5. The molecule has 2 aliphatic heterocycles. The van der Waals surface area contributed by atoms with Crippen LogP contribution in [0.4, 0.5) is 0 Å². The zero-order valence-corrected chi connectivity index (χ0v) is 18.3. The first-order chi connectivity index (χ1) is 14.4. The monoisotopic (exact) mass is 445 g/mol. The second-order valence-corrected chi connectivity index (χ2v) is 10.9. The van der Waals surface area contributed by atoms with Crippen molar-refractivity contribution < 1.29 is 17.6 Å². The molecule has 0 amide bonds. The Hall–Kier alpha value is -2.20. The summed E-state index contributed by atoms with van der Waals surface area (Å²) < 4.78 is 40.2. The number of likely N-dealkylation sites (tertiary alicyclic amines) is 1. The van der Waals surface area contributed by atoms with Gasteiger partial charge in [-0.15, -0.1) is 11.3 Å². The minimum Gasteiger partial charge on any atom is -0.483 e. The maximum atomic E-state index is 13.5. The number of benzene rings is 1. The lowest BCUT2D eigenvalue weighted by atomic mass is 10.0. The summed E-state index contributed by atoms with van der Waals surface area (Å²) in [6, 6.07) is 8.89. The van der Waals surface area contributed by atoms with E-state index in [-0.39, 0.29) is 11.4 Å². The van der Waals surface area contributed by atoms with E-state index in [1.165, 1.54) is 15.6 Å². The number of nitrogens with zero attached hydrogens (tertiary/aromatic N) is 3. The number of thiazole rings is 1. The summed E-state index contributed by atoms with van der Waals surface area (Å²) >= 11 is 1.53. The highest BCUT2D eigenvalue weighted by atomic mass is 32.2. The highest BCUT2D eigenvalue weighted by Gasteiger charge is 2.47. The molecule has 1 saturated heterocycles. The summed E-state index contributed by atoms with van der Waals surface area (Å²) in [6.45, 7) is 4.69. The number of rotatable bonds is 4. The van der Waals surface area contributed by atoms with Crippen LogP contribution in [0.5, 0.6) is 5.75 Å². The summed E-state index contributed by atoms with van der Waals surface area (Å²) in [5.41, 5.74) is 1.27. The average Bonchev–Trinajstić information content (AvgIpc) is 3.44. The van der Waals surface area contributed by atoms with E-state index < -0.39 is 15.6 Å². The van der Waals surface area contributed by atoms with Gasteiger partial charge in [-0.25, -0.2) is 13.4 Å². The van der Waals surface area contributed by atoms with Crippen LogP contribution in [0.2, 0.25) is 0 Å². The van der Waals surface area contributed by atoms with Crippen molar-refractivity contribution in [3.8, 4) is 5.75 Å². The Bertz CT molecular complexity index is 1140. The van der Waals surface area contributed by atoms with Crippen molar-refractivity contribution in [1.29, 1.82) is 0 Å². The Morgan fingerprint density at radius 1 is 1.20 bits per heavy atom. The maximum Gasteiger partial charge on any atom is 0.247 e. The first kappa shape index (κ1) is 19.7. The van der Waals surface area contributed by atoms with Crippen molar-refractivity contribution >= 4 is 21.4 Å². The average molecular weight is 446 g/mol. The van der Waals surface area contributed by atoms with Gasteiger partial charge in [0.2, 0.25) is 10.0 Å². The van der Waals surface area contributed by atoms with Crippen LogP contribution in [0.3, 0.4) is 0 Å². The lowest BCUT2D eigenvalue weighted by Gasteiger charge is -2.32. The summed E-state index contributed by atoms with van der Waals surface area (Å²) in [5, 5.41) is 2.85. The molecular weight excluding hydrogens is 422 g/mol. The highest BCUT2D eigenvalue weighted by Crippen LogP contribution is 2.39. The number of furan rings is 1. The van der Waals surface area contributed by atoms with E-state index in [1.807, 2.05) is 24.4 Å². The summed E-state index contributed by atoms with van der Waals surface area (Å²) in [5.74, 6) is 0.430. The van der Waals surface area contributed by atoms with Crippen LogP contribution in [0.25, 0.3) is 0 Å². The Labute approximate surface area is 180 Å². The van der Waals surface area contributed by atoms with Crippen LogP contribution in [-0.2, 0) is 23.1 Å². The fourth-order valence-corrected chi connectivity index (χ4v) is 6.48. The molecule has 9 heteroatoms. The normalized spacial score (nSPS) is 23.9. The van der Waals surface area contributed by atoms with Crippen LogP contribution < -0.4 is 4.74 Å². The van der Waals surface area contributed by atoms with E-state index >= 15 is 0 Å². The van der Waals surface area contributed by atoms with Crippen LogP contribution in [0.1, 0.15) is 22.7 Å². The molecule has 0 bridgehead atoms. The molecule has 158 valence electrons. The third kappa shape index (κ3) is 3.66. The van der Waals surface area contributed by atoms with Gasteiger partial charge in [-0.2, -0.15) is 4.31 Å². The summed E-state index contributed by atoms with van der Waals surface area (Å²) in [7, 11) is -3.70. The molecule has 3 aromatic rings. The molecule has 30 heavy (non-hydrogen) atoms. The van der Waals surface area contributed by atoms with E-state index in [0.29, 0.717) is 18.8 Å². The van der Waals surface area contributed by atoms with Crippen molar-refractivity contribution in [3.05, 3.63) is 64.5 Å². The van der Waals surface area contributed by atoms with Crippen molar-refractivity contribution in [2.45, 2.75) is 36.9 Å². The molecule has 0 radical (unpaired) electrons. The number of sulfonamides is 1. The van der Waals surface area contributed by atoms with Gasteiger partial charge in [-0.3, -0.25) is 4.90 Å². The predicted octanol–water partition coefficient (Wildman–Crippen LogP) is 3.27. The van der Waals surface area contributed by atoms with Crippen LogP contribution in [0, 0.1) is 6.92 Å². The van der Waals surface area contributed by atoms with E-state index in [2.05, 4.69) is 9.88 Å². The van der Waals surface area contributed by atoms with Crippen LogP contribution in [-0.4, -0.2) is 47.8 Å². The van der Waals surface area contributed by atoms with Gasteiger partial charge in [-0.05, 0) is 25.1 Å². The molecular formula is C21H23N3O4S2. The number of hydrogen-bond donors (Lipinski definition) is 0. The van der Waals surface area contributed by atoms with Gasteiger partial charge >= 0.3 is 0 Å². The van der Waals surface area contributed by atoms with Gasteiger partial charge in [0.15, 0.2) is 0 Å². The van der Waals surface area contributed by atoms with Gasteiger partial charge in [0, 0.05) is 37.0 Å². The second kappa shape index (κ2) is 7.49. The molecule has 2 aliphatic rings. The molecule has 1 unspecified atom stereocenters. The van der Waals surface area contributed by atoms with Crippen LogP contribution >= 0.6 is 11.3 Å². The van der Waals surface area contributed by atoms with E-state index in [9.17, 15) is 8.42 Å². The van der Waals surface area contributed by atoms with Gasteiger partial charge in [0.1, 0.15) is 16.2 Å². The molecule has 7 nitrogen and oxygen atoms in total. The minimum atomic E-state index is -3.70. The SMILES string of the molecule is Cc1nc(CN2CC3(CCN(Cc4ccoc4)C3)Oc3ccccc3S2(=O)=O)cs1. The van der Waals surface area contributed by atoms with Gasteiger partial charge in [-0.1, -0.05) is 12.1 Å². The lowest BCUT2D eigenvalue weighted by molar-refractivity contribution is 0.0568. The zero-order valence-electron chi connectivity index (χ0n) is 16.7. The van der Waals surface area contributed by atoms with Crippen molar-refractivity contribution in [3.63, 3.8) is 0 Å². The van der Waals surface area contributed by atoms with Crippen molar-refractivity contribution in [1.82, 2.24) is 14.2 Å². The molecule has 1 aromatic carbocycles. The largest absolute Gasteiger partial charge is 0.483 e. The fraction of sp³-hybridized carbons (Fsp3) is 0.381. The highest BCUT2D eigenvalue weighted by molar-refractivity contribution is 7.89. The number of ether oxygens (including phenoxy) is 1. The van der Waals surface area contributed by atoms with Gasteiger partial charge in [0.05, 0.1) is 36.3 Å². The van der Waals surface area contributed by atoms with Crippen LogP contribution in [0.15, 0.2) is 57.6 Å². The molecule has 1 fully saturated rings. The molecule has 2 aromatic heterocycles. The molecule has 0 saturated carbocycles. The quantitative estimate of drug-likeness (QED) is 0.614. The standard InChI is InChI=1S/C21H23N3O4S2/c1-16-22-18(13-29-16)11-24-15-21(7-8-23(14-21)10-17-6-9-27-12-17)28-19-4-2-3-5-20(19)30(24,25)26/h2-6,9,12-13H,7-8,10-11,14-15H2,1H3. The second-order valence-electron chi connectivity index (χ2n) is 7.96. The van der Waals surface area contributed by atoms with E-state index in [0.717, 1.165) is 35.8 Å². The van der Waals surface area contributed by atoms with Crippen molar-refractivity contribution in [2.24, 2.45) is 0 Å². The molecule has 1 atom stereocenters. The molecule has 1 spiro atoms. The Balaban J connectivity index is 1.48. The predicted molar refractivity (Wildman–Crippen MR) is 113 cm³/mol. The lowest BCUT2D eigenvalue weighted by Crippen LogP contribution is -2.48. The number of aromatic nitrogens is 1. The topological polar surface area (TPSA) is 75.9 Å². The van der Waals surface area contributed by atoms with Gasteiger partial charge in [0.25, 0.3) is 0 Å². The Morgan fingerprint density at radius 3 is 2.83 bits per heavy atom. The Kier molecular flexibility index (Phi) is 4.93. The smallest absolute Gasteiger partial charge is 0.247 e. The first-order valence-corrected chi connectivity index (χ1v) is 12.2. The van der Waals surface area contributed by atoms with Gasteiger partial charge < -0.3 is 9.15 Å². The number of para-hydroxylation sites is 1. The first-order valence-electron chi connectivity index (χ1n) is 9.86. The zero-order chi connectivity index (χ0) is 20.8. The van der Waals surface area contributed by atoms with E-state index in [1.54, 1.807) is 30.7 Å². The number of fused-ring (bicyclic) bond motifs is 1. The number of hydrogen-bond acceptors (Lipinski definition) is 7.